The lowest BCUT2D eigenvalue weighted by molar-refractivity contribution is -0.119. The van der Waals surface area contributed by atoms with Crippen LogP contribution in [-0.2, 0) is 21.2 Å². The minimum Gasteiger partial charge on any atom is -0.352 e. The number of carbonyl (C=O) groups is 1. The van der Waals surface area contributed by atoms with Gasteiger partial charge < -0.3 is 5.32 Å². The Morgan fingerprint density at radius 2 is 1.94 bits per heavy atom. The van der Waals surface area contributed by atoms with Gasteiger partial charge in [0, 0.05) is 11.1 Å². The Kier molecular flexibility index (Phi) is 6.36. The van der Waals surface area contributed by atoms with E-state index in [1.54, 1.807) is 30.3 Å². The fraction of sp³-hybridized carbons (Fsp3) is 0.286. The molecular weight excluding hydrogens is 458 g/mol. The van der Waals surface area contributed by atoms with Crippen molar-refractivity contribution >= 4 is 50.0 Å². The number of sulfone groups is 1. The first kappa shape index (κ1) is 21.9. The molecule has 1 fully saturated rings. The number of carbonyl (C=O) groups excluding carboxylic acids is 1. The summed E-state index contributed by atoms with van der Waals surface area (Å²) in [6.07, 6.45) is 0.421. The minimum absolute atomic E-state index is 0.0177. The number of hydrogen-bond donors (Lipinski definition) is 1. The molecule has 0 aliphatic carbocycles. The number of amides is 1. The maximum absolute atomic E-state index is 13.2. The zero-order valence-electron chi connectivity index (χ0n) is 16.5. The van der Waals surface area contributed by atoms with Gasteiger partial charge in [0.05, 0.1) is 34.7 Å². The zero-order valence-corrected chi connectivity index (χ0v) is 18.8. The third-order valence-electron chi connectivity index (χ3n) is 5.04. The summed E-state index contributed by atoms with van der Waals surface area (Å²) >= 11 is 7.43. The van der Waals surface area contributed by atoms with Gasteiger partial charge in [-0.2, -0.15) is 0 Å². The number of nitrogens with zero attached hydrogens (tertiary/aromatic N) is 2. The van der Waals surface area contributed by atoms with Crippen molar-refractivity contribution in [2.75, 3.05) is 17.3 Å². The zero-order chi connectivity index (χ0) is 22.0. The summed E-state index contributed by atoms with van der Waals surface area (Å²) in [6.45, 7) is 0.223. The molecule has 10 heteroatoms. The Balaban J connectivity index is 1.59. The topological polar surface area (TPSA) is 98.1 Å². The fourth-order valence-electron chi connectivity index (χ4n) is 3.50. The van der Waals surface area contributed by atoms with E-state index >= 15 is 0 Å². The van der Waals surface area contributed by atoms with Crippen LogP contribution in [0.3, 0.4) is 0 Å². The Labute approximate surface area is 188 Å². The van der Waals surface area contributed by atoms with Crippen LogP contribution in [0, 0.1) is 0 Å². The first-order valence-electron chi connectivity index (χ1n) is 9.68. The monoisotopic (exact) mass is 477 g/mol. The number of rotatable bonds is 6. The molecule has 4 rings (SSSR count). The van der Waals surface area contributed by atoms with Crippen molar-refractivity contribution in [1.82, 2.24) is 14.9 Å². The standard InChI is InChI=1S/C21H20ClN3O4S2/c22-17-7-3-1-5-14(17)11-25-20(27)16-6-2-4-8-18(16)24-21(25)30-12-19(26)23-15-9-10-31(28,29)13-15/h1-8,15H,9-13H2,(H,23,26). The molecule has 0 radical (unpaired) electrons. The van der Waals surface area contributed by atoms with Crippen LogP contribution in [0.4, 0.5) is 0 Å². The third-order valence-corrected chi connectivity index (χ3v) is 8.16. The smallest absolute Gasteiger partial charge is 0.262 e. The maximum atomic E-state index is 13.2. The van der Waals surface area contributed by atoms with E-state index in [2.05, 4.69) is 10.3 Å². The van der Waals surface area contributed by atoms with Gasteiger partial charge in [-0.25, -0.2) is 13.4 Å². The van der Waals surface area contributed by atoms with Crippen molar-refractivity contribution in [1.29, 1.82) is 0 Å². The molecule has 31 heavy (non-hydrogen) atoms. The molecule has 1 aliphatic rings. The van der Waals surface area contributed by atoms with E-state index in [9.17, 15) is 18.0 Å². The minimum atomic E-state index is -3.08. The van der Waals surface area contributed by atoms with E-state index in [1.807, 2.05) is 18.2 Å². The van der Waals surface area contributed by atoms with Gasteiger partial charge in [-0.3, -0.25) is 14.2 Å². The lowest BCUT2D eigenvalue weighted by atomic mass is 10.2. The molecule has 1 N–H and O–H groups in total. The van der Waals surface area contributed by atoms with E-state index in [4.69, 9.17) is 11.6 Å². The summed E-state index contributed by atoms with van der Waals surface area (Å²) in [5.41, 5.74) is 1.11. The second-order valence-electron chi connectivity index (χ2n) is 7.35. The molecule has 162 valence electrons. The predicted molar refractivity (Wildman–Crippen MR) is 122 cm³/mol. The second kappa shape index (κ2) is 9.02. The van der Waals surface area contributed by atoms with Gasteiger partial charge in [0.25, 0.3) is 5.56 Å². The van der Waals surface area contributed by atoms with Crippen molar-refractivity contribution in [3.05, 3.63) is 69.5 Å². The molecule has 0 saturated carbocycles. The average molecular weight is 478 g/mol. The van der Waals surface area contributed by atoms with E-state index in [0.717, 1.165) is 17.3 Å². The molecule has 2 aromatic carbocycles. The molecule has 1 amide bonds. The lowest BCUT2D eigenvalue weighted by Crippen LogP contribution is -2.36. The van der Waals surface area contributed by atoms with E-state index < -0.39 is 9.84 Å². The van der Waals surface area contributed by atoms with E-state index in [1.165, 1.54) is 4.57 Å². The maximum Gasteiger partial charge on any atom is 0.262 e. The number of halogens is 1. The summed E-state index contributed by atoms with van der Waals surface area (Å²) in [5.74, 6) is -0.216. The van der Waals surface area contributed by atoms with E-state index in [0.29, 0.717) is 27.5 Å². The molecular formula is C21H20ClN3O4S2. The van der Waals surface area contributed by atoms with Crippen LogP contribution in [0.25, 0.3) is 10.9 Å². The molecule has 0 spiro atoms. The van der Waals surface area contributed by atoms with Gasteiger partial charge in [0.1, 0.15) is 0 Å². The molecule has 1 aromatic heterocycles. The van der Waals surface area contributed by atoms with Gasteiger partial charge in [-0.1, -0.05) is 53.7 Å². The van der Waals surface area contributed by atoms with Crippen molar-refractivity contribution in [2.45, 2.75) is 24.2 Å². The number of fused-ring (bicyclic) bond motifs is 1. The quantitative estimate of drug-likeness (QED) is 0.432. The number of nitrogens with one attached hydrogen (secondary N) is 1. The number of para-hydroxylation sites is 1. The number of benzene rings is 2. The predicted octanol–water partition coefficient (Wildman–Crippen LogP) is 2.49. The first-order valence-corrected chi connectivity index (χ1v) is 12.9. The van der Waals surface area contributed by atoms with Gasteiger partial charge >= 0.3 is 0 Å². The van der Waals surface area contributed by atoms with Gasteiger partial charge in [0.2, 0.25) is 5.91 Å². The second-order valence-corrected chi connectivity index (χ2v) is 10.9. The summed E-state index contributed by atoms with van der Waals surface area (Å²) in [4.78, 5) is 30.1. The van der Waals surface area contributed by atoms with Crippen LogP contribution in [0.5, 0.6) is 0 Å². The van der Waals surface area contributed by atoms with Crippen LogP contribution >= 0.6 is 23.4 Å². The normalized spacial score (nSPS) is 17.6. The van der Waals surface area contributed by atoms with Crippen LogP contribution in [0.2, 0.25) is 5.02 Å². The van der Waals surface area contributed by atoms with Crippen molar-refractivity contribution in [3.8, 4) is 0 Å². The Hall–Kier alpha value is -2.36. The number of hydrogen-bond acceptors (Lipinski definition) is 6. The number of aromatic nitrogens is 2. The fourth-order valence-corrected chi connectivity index (χ4v) is 6.18. The Morgan fingerprint density at radius 1 is 1.19 bits per heavy atom. The Morgan fingerprint density at radius 3 is 2.68 bits per heavy atom. The highest BCUT2D eigenvalue weighted by molar-refractivity contribution is 7.99. The highest BCUT2D eigenvalue weighted by Crippen LogP contribution is 2.22. The summed E-state index contributed by atoms with van der Waals surface area (Å²) in [7, 11) is -3.08. The van der Waals surface area contributed by atoms with Crippen LogP contribution in [-0.4, -0.2) is 47.2 Å². The molecule has 3 aromatic rings. The largest absolute Gasteiger partial charge is 0.352 e. The summed E-state index contributed by atoms with van der Waals surface area (Å²) in [6, 6.07) is 13.9. The van der Waals surface area contributed by atoms with Crippen LogP contribution in [0.1, 0.15) is 12.0 Å². The SMILES string of the molecule is O=C(CSc1nc2ccccc2c(=O)n1Cc1ccccc1Cl)NC1CCS(=O)(=O)C1. The molecule has 0 bridgehead atoms. The van der Waals surface area contributed by atoms with Crippen molar-refractivity contribution < 1.29 is 13.2 Å². The highest BCUT2D eigenvalue weighted by Gasteiger charge is 2.29. The molecule has 1 aliphatic heterocycles. The average Bonchev–Trinajstić information content (AvgIpc) is 3.08. The first-order chi connectivity index (χ1) is 14.8. The van der Waals surface area contributed by atoms with Gasteiger partial charge in [-0.05, 0) is 30.2 Å². The van der Waals surface area contributed by atoms with Gasteiger partial charge in [-0.15, -0.1) is 0 Å². The van der Waals surface area contributed by atoms with Gasteiger partial charge in [0.15, 0.2) is 15.0 Å². The number of thioether (sulfide) groups is 1. The van der Waals surface area contributed by atoms with Crippen molar-refractivity contribution in [3.63, 3.8) is 0 Å². The summed E-state index contributed by atoms with van der Waals surface area (Å²) in [5, 5.41) is 4.19. The summed E-state index contributed by atoms with van der Waals surface area (Å²) < 4.78 is 24.7. The van der Waals surface area contributed by atoms with Crippen molar-refractivity contribution in [2.24, 2.45) is 0 Å². The third kappa shape index (κ3) is 5.11. The molecule has 1 atom stereocenters. The molecule has 7 nitrogen and oxygen atoms in total. The highest BCUT2D eigenvalue weighted by atomic mass is 35.5. The van der Waals surface area contributed by atoms with Crippen LogP contribution < -0.4 is 10.9 Å². The Bertz CT molecular complexity index is 1310. The van der Waals surface area contributed by atoms with E-state index in [-0.39, 0.29) is 41.3 Å². The lowest BCUT2D eigenvalue weighted by Gasteiger charge is -2.15. The molecule has 1 saturated heterocycles. The molecule has 2 heterocycles. The van der Waals surface area contributed by atoms with Crippen LogP contribution in [0.15, 0.2) is 58.5 Å². The molecule has 1 unspecified atom stereocenters.